The summed E-state index contributed by atoms with van der Waals surface area (Å²) in [6.45, 7) is 11.5. The van der Waals surface area contributed by atoms with Gasteiger partial charge in [-0.25, -0.2) is 0 Å². The maximum Gasteiger partial charge on any atom is 0.303 e. The van der Waals surface area contributed by atoms with Gasteiger partial charge in [-0.2, -0.15) is 0 Å². The number of rotatable bonds is 9. The van der Waals surface area contributed by atoms with E-state index in [1.807, 2.05) is 6.92 Å². The highest BCUT2D eigenvalue weighted by Crippen LogP contribution is 2.45. The summed E-state index contributed by atoms with van der Waals surface area (Å²) in [5.74, 6) is -0.698. The van der Waals surface area contributed by atoms with E-state index in [4.69, 9.17) is 9.84 Å². The molecule has 0 radical (unpaired) electrons. The van der Waals surface area contributed by atoms with Crippen molar-refractivity contribution in [3.05, 3.63) is 0 Å². The molecule has 4 heteroatoms. The Morgan fingerprint density at radius 1 is 1.37 bits per heavy atom. The fraction of sp³-hybridized carbons (Fsp3) is 0.933. The first-order valence-electron chi connectivity index (χ1n) is 7.50. The van der Waals surface area contributed by atoms with Crippen LogP contribution >= 0.6 is 0 Å². The molecule has 1 saturated carbocycles. The monoisotopic (exact) mass is 271 g/mol. The maximum absolute atomic E-state index is 10.6. The topological polar surface area (TPSA) is 49.8 Å². The highest BCUT2D eigenvalue weighted by Gasteiger charge is 2.50. The lowest BCUT2D eigenvalue weighted by molar-refractivity contribution is -0.151. The molecular formula is C15H29NO3. The molecule has 0 amide bonds. The quantitative estimate of drug-likeness (QED) is 0.700. The maximum atomic E-state index is 10.6. The molecule has 0 heterocycles. The van der Waals surface area contributed by atoms with Gasteiger partial charge < -0.3 is 9.84 Å². The lowest BCUT2D eigenvalue weighted by Gasteiger charge is -2.56. The summed E-state index contributed by atoms with van der Waals surface area (Å²) in [6.07, 6.45) is 3.54. The largest absolute Gasteiger partial charge is 0.481 e. The van der Waals surface area contributed by atoms with Crippen LogP contribution in [0.1, 0.15) is 53.4 Å². The molecule has 0 aromatic heterocycles. The highest BCUT2D eigenvalue weighted by atomic mass is 16.5. The summed E-state index contributed by atoms with van der Waals surface area (Å²) in [7, 11) is 0. The Bertz CT molecular complexity index is 291. The third-order valence-corrected chi connectivity index (χ3v) is 4.28. The summed E-state index contributed by atoms with van der Waals surface area (Å²) < 4.78 is 5.77. The first-order chi connectivity index (χ1) is 8.93. The number of carboxylic acid groups (broad SMARTS) is 1. The molecule has 0 aliphatic heterocycles. The van der Waals surface area contributed by atoms with Crippen LogP contribution in [0.15, 0.2) is 0 Å². The molecule has 0 bridgehead atoms. The molecule has 1 fully saturated rings. The molecule has 112 valence electrons. The summed E-state index contributed by atoms with van der Waals surface area (Å²) >= 11 is 0. The number of aliphatic carboxylic acids is 1. The Morgan fingerprint density at radius 3 is 2.53 bits per heavy atom. The molecule has 19 heavy (non-hydrogen) atoms. The molecule has 0 saturated heterocycles. The Labute approximate surface area is 117 Å². The van der Waals surface area contributed by atoms with Crippen LogP contribution in [-0.4, -0.2) is 47.8 Å². The van der Waals surface area contributed by atoms with Crippen molar-refractivity contribution < 1.29 is 14.6 Å². The molecule has 2 atom stereocenters. The zero-order valence-corrected chi connectivity index (χ0v) is 12.8. The van der Waals surface area contributed by atoms with Crippen molar-refractivity contribution in [3.8, 4) is 0 Å². The van der Waals surface area contributed by atoms with Crippen molar-refractivity contribution in [2.45, 2.75) is 65.5 Å². The van der Waals surface area contributed by atoms with Gasteiger partial charge in [0.1, 0.15) is 0 Å². The minimum atomic E-state index is -0.698. The van der Waals surface area contributed by atoms with E-state index in [1.54, 1.807) is 0 Å². The third kappa shape index (κ3) is 4.18. The summed E-state index contributed by atoms with van der Waals surface area (Å²) in [6, 6.07) is 0.526. The van der Waals surface area contributed by atoms with Crippen molar-refractivity contribution in [2.24, 2.45) is 5.41 Å². The molecule has 1 rings (SSSR count). The fourth-order valence-corrected chi connectivity index (χ4v) is 3.11. The van der Waals surface area contributed by atoms with Crippen LogP contribution in [0.5, 0.6) is 0 Å². The lowest BCUT2D eigenvalue weighted by Crippen LogP contribution is -2.62. The SMILES string of the molecule is CCCN(CCCC(=O)O)C1CC(OCC)C1(C)C. The first-order valence-corrected chi connectivity index (χ1v) is 7.50. The van der Waals surface area contributed by atoms with Crippen LogP contribution in [0.3, 0.4) is 0 Å². The lowest BCUT2D eigenvalue weighted by atomic mass is 9.63. The van der Waals surface area contributed by atoms with E-state index < -0.39 is 5.97 Å². The Morgan fingerprint density at radius 2 is 2.05 bits per heavy atom. The summed E-state index contributed by atoms with van der Waals surface area (Å²) in [5.41, 5.74) is 0.175. The van der Waals surface area contributed by atoms with Crippen LogP contribution in [0.4, 0.5) is 0 Å². The van der Waals surface area contributed by atoms with Crippen LogP contribution in [0, 0.1) is 5.41 Å². The van der Waals surface area contributed by atoms with Crippen LogP contribution in [0.2, 0.25) is 0 Å². The molecule has 1 N–H and O–H groups in total. The van der Waals surface area contributed by atoms with E-state index >= 15 is 0 Å². The molecule has 0 aromatic rings. The number of hydrogen-bond acceptors (Lipinski definition) is 3. The van der Waals surface area contributed by atoms with Gasteiger partial charge in [-0.1, -0.05) is 20.8 Å². The normalized spacial score (nSPS) is 25.3. The van der Waals surface area contributed by atoms with Gasteiger partial charge in [-0.15, -0.1) is 0 Å². The number of carboxylic acids is 1. The predicted molar refractivity (Wildman–Crippen MR) is 76.3 cm³/mol. The zero-order chi connectivity index (χ0) is 14.5. The first kappa shape index (κ1) is 16.4. The van der Waals surface area contributed by atoms with Crippen molar-refractivity contribution >= 4 is 5.97 Å². The molecular weight excluding hydrogens is 242 g/mol. The summed E-state index contributed by atoms with van der Waals surface area (Å²) in [4.78, 5) is 13.1. The third-order valence-electron chi connectivity index (χ3n) is 4.28. The smallest absolute Gasteiger partial charge is 0.303 e. The van der Waals surface area contributed by atoms with Crippen molar-refractivity contribution in [1.29, 1.82) is 0 Å². The van der Waals surface area contributed by atoms with Crippen LogP contribution in [-0.2, 0) is 9.53 Å². The number of hydrogen-bond donors (Lipinski definition) is 1. The van der Waals surface area contributed by atoms with E-state index in [0.29, 0.717) is 12.1 Å². The minimum Gasteiger partial charge on any atom is -0.481 e. The Hall–Kier alpha value is -0.610. The Balaban J connectivity index is 2.50. The van der Waals surface area contributed by atoms with Gasteiger partial charge in [0.05, 0.1) is 6.10 Å². The molecule has 2 unspecified atom stereocenters. The van der Waals surface area contributed by atoms with Crippen molar-refractivity contribution in [2.75, 3.05) is 19.7 Å². The van der Waals surface area contributed by atoms with E-state index in [9.17, 15) is 4.79 Å². The van der Waals surface area contributed by atoms with Gasteiger partial charge in [-0.05, 0) is 39.3 Å². The van der Waals surface area contributed by atoms with Gasteiger partial charge in [0.2, 0.25) is 0 Å². The predicted octanol–water partition coefficient (Wildman–Crippen LogP) is 2.77. The molecule has 4 nitrogen and oxygen atoms in total. The van der Waals surface area contributed by atoms with Crippen LogP contribution in [0.25, 0.3) is 0 Å². The van der Waals surface area contributed by atoms with Crippen LogP contribution < -0.4 is 0 Å². The zero-order valence-electron chi connectivity index (χ0n) is 12.8. The van der Waals surface area contributed by atoms with Crippen molar-refractivity contribution in [1.82, 2.24) is 4.90 Å². The van der Waals surface area contributed by atoms with Gasteiger partial charge in [0.25, 0.3) is 0 Å². The van der Waals surface area contributed by atoms with Gasteiger partial charge in [0, 0.05) is 24.5 Å². The average Bonchev–Trinajstić information content (AvgIpc) is 2.33. The minimum absolute atomic E-state index is 0.175. The second-order valence-electron chi connectivity index (χ2n) is 6.05. The molecule has 0 spiro atoms. The highest BCUT2D eigenvalue weighted by molar-refractivity contribution is 5.66. The standard InChI is InChI=1S/C15H29NO3/c1-5-9-16(10-7-8-14(17)18)12-11-13(19-6-2)15(12,3)4/h12-13H,5-11H2,1-4H3,(H,17,18). The fourth-order valence-electron chi connectivity index (χ4n) is 3.11. The second-order valence-corrected chi connectivity index (χ2v) is 6.05. The van der Waals surface area contributed by atoms with E-state index in [2.05, 4.69) is 25.7 Å². The van der Waals surface area contributed by atoms with E-state index in [0.717, 1.165) is 39.0 Å². The van der Waals surface area contributed by atoms with E-state index in [-0.39, 0.29) is 11.8 Å². The number of ether oxygens (including phenoxy) is 1. The Kier molecular flexibility index (Phi) is 6.27. The van der Waals surface area contributed by atoms with E-state index in [1.165, 1.54) is 0 Å². The van der Waals surface area contributed by atoms with Gasteiger partial charge in [0.15, 0.2) is 0 Å². The molecule has 1 aliphatic rings. The van der Waals surface area contributed by atoms with Gasteiger partial charge >= 0.3 is 5.97 Å². The van der Waals surface area contributed by atoms with Crippen molar-refractivity contribution in [3.63, 3.8) is 0 Å². The average molecular weight is 271 g/mol. The summed E-state index contributed by atoms with van der Waals surface area (Å²) in [5, 5.41) is 8.74. The number of carbonyl (C=O) groups is 1. The second kappa shape index (κ2) is 7.25. The van der Waals surface area contributed by atoms with Gasteiger partial charge in [-0.3, -0.25) is 9.69 Å². The molecule has 1 aliphatic carbocycles. The molecule has 0 aromatic carbocycles. The number of nitrogens with zero attached hydrogens (tertiary/aromatic N) is 1.